The van der Waals surface area contributed by atoms with E-state index in [1.54, 1.807) is 23.8 Å². The zero-order valence-corrected chi connectivity index (χ0v) is 8.54. The number of aromatic nitrogens is 1. The van der Waals surface area contributed by atoms with Gasteiger partial charge in [-0.1, -0.05) is 24.3 Å². The van der Waals surface area contributed by atoms with E-state index in [2.05, 4.69) is 4.98 Å². The van der Waals surface area contributed by atoms with Crippen LogP contribution in [0.15, 0.2) is 36.0 Å². The SMILES string of the molecule is CC(=O)c1ccc(-c2cncs2)cc1. The highest BCUT2D eigenvalue weighted by Gasteiger charge is 2.01. The second kappa shape index (κ2) is 3.72. The molecule has 2 rings (SSSR count). The zero-order valence-electron chi connectivity index (χ0n) is 7.73. The van der Waals surface area contributed by atoms with Crippen LogP contribution in [0.3, 0.4) is 0 Å². The van der Waals surface area contributed by atoms with Crippen molar-refractivity contribution in [1.82, 2.24) is 4.98 Å². The van der Waals surface area contributed by atoms with Gasteiger partial charge in [-0.2, -0.15) is 0 Å². The fourth-order valence-electron chi connectivity index (χ4n) is 1.23. The number of carbonyl (C=O) groups is 1. The molecule has 0 saturated heterocycles. The number of thiazole rings is 1. The van der Waals surface area contributed by atoms with Crippen LogP contribution < -0.4 is 0 Å². The zero-order chi connectivity index (χ0) is 9.97. The Morgan fingerprint density at radius 1 is 1.29 bits per heavy atom. The standard InChI is InChI=1S/C11H9NOS/c1-8(13)9-2-4-10(5-3-9)11-6-12-7-14-11/h2-7H,1H3. The van der Waals surface area contributed by atoms with Crippen molar-refractivity contribution in [2.24, 2.45) is 0 Å². The van der Waals surface area contributed by atoms with Crippen LogP contribution in [0.1, 0.15) is 17.3 Å². The lowest BCUT2D eigenvalue weighted by Gasteiger charge is -1.98. The Morgan fingerprint density at radius 3 is 2.50 bits per heavy atom. The van der Waals surface area contributed by atoms with Crippen molar-refractivity contribution >= 4 is 17.1 Å². The van der Waals surface area contributed by atoms with Gasteiger partial charge in [0, 0.05) is 11.8 Å². The van der Waals surface area contributed by atoms with E-state index in [-0.39, 0.29) is 5.78 Å². The number of ketones is 1. The Morgan fingerprint density at radius 2 is 2.00 bits per heavy atom. The van der Waals surface area contributed by atoms with E-state index in [1.807, 2.05) is 30.5 Å². The molecule has 1 heterocycles. The third-order valence-corrected chi connectivity index (χ3v) is 2.83. The summed E-state index contributed by atoms with van der Waals surface area (Å²) in [4.78, 5) is 16.2. The van der Waals surface area contributed by atoms with Crippen LogP contribution in [0.2, 0.25) is 0 Å². The Labute approximate surface area is 86.2 Å². The van der Waals surface area contributed by atoms with Gasteiger partial charge in [-0.15, -0.1) is 11.3 Å². The summed E-state index contributed by atoms with van der Waals surface area (Å²) in [6.45, 7) is 1.57. The van der Waals surface area contributed by atoms with Crippen LogP contribution in [0.5, 0.6) is 0 Å². The number of rotatable bonds is 2. The minimum Gasteiger partial charge on any atom is -0.295 e. The molecule has 0 aliphatic rings. The van der Waals surface area contributed by atoms with E-state index < -0.39 is 0 Å². The van der Waals surface area contributed by atoms with Crippen molar-refractivity contribution in [1.29, 1.82) is 0 Å². The van der Waals surface area contributed by atoms with E-state index in [9.17, 15) is 4.79 Å². The van der Waals surface area contributed by atoms with Gasteiger partial charge in [-0.05, 0) is 12.5 Å². The molecule has 2 nitrogen and oxygen atoms in total. The maximum atomic E-state index is 11.0. The summed E-state index contributed by atoms with van der Waals surface area (Å²) in [5.74, 6) is 0.0980. The van der Waals surface area contributed by atoms with Gasteiger partial charge in [0.2, 0.25) is 0 Å². The summed E-state index contributed by atoms with van der Waals surface area (Å²) < 4.78 is 0. The average molecular weight is 203 g/mol. The lowest BCUT2D eigenvalue weighted by atomic mass is 10.1. The van der Waals surface area contributed by atoms with E-state index in [0.29, 0.717) is 0 Å². The summed E-state index contributed by atoms with van der Waals surface area (Å²) in [7, 11) is 0. The smallest absolute Gasteiger partial charge is 0.159 e. The number of benzene rings is 1. The van der Waals surface area contributed by atoms with Crippen molar-refractivity contribution in [2.45, 2.75) is 6.92 Å². The van der Waals surface area contributed by atoms with E-state index >= 15 is 0 Å². The van der Waals surface area contributed by atoms with Gasteiger partial charge in [-0.3, -0.25) is 9.78 Å². The second-order valence-electron chi connectivity index (χ2n) is 3.00. The third-order valence-electron chi connectivity index (χ3n) is 2.01. The van der Waals surface area contributed by atoms with Gasteiger partial charge in [0.25, 0.3) is 0 Å². The van der Waals surface area contributed by atoms with Crippen molar-refractivity contribution in [3.8, 4) is 10.4 Å². The molecule has 0 aliphatic carbocycles. The normalized spacial score (nSPS) is 10.1. The van der Waals surface area contributed by atoms with Crippen LogP contribution in [0.25, 0.3) is 10.4 Å². The number of Topliss-reactive ketones (excluding diaryl/α,β-unsaturated/α-hetero) is 1. The molecule has 0 radical (unpaired) electrons. The summed E-state index contributed by atoms with van der Waals surface area (Å²) in [5, 5.41) is 0. The van der Waals surface area contributed by atoms with Gasteiger partial charge in [0.15, 0.2) is 5.78 Å². The molecule has 3 heteroatoms. The second-order valence-corrected chi connectivity index (χ2v) is 3.89. The molecule has 0 bridgehead atoms. The topological polar surface area (TPSA) is 30.0 Å². The van der Waals surface area contributed by atoms with E-state index in [4.69, 9.17) is 0 Å². The van der Waals surface area contributed by atoms with Crippen molar-refractivity contribution < 1.29 is 4.79 Å². The lowest BCUT2D eigenvalue weighted by Crippen LogP contribution is -1.90. The van der Waals surface area contributed by atoms with Crippen LogP contribution in [-0.2, 0) is 0 Å². The predicted molar refractivity (Wildman–Crippen MR) is 57.6 cm³/mol. The molecule has 2 aromatic rings. The molecule has 0 spiro atoms. The quantitative estimate of drug-likeness (QED) is 0.702. The monoisotopic (exact) mass is 203 g/mol. The summed E-state index contributed by atoms with van der Waals surface area (Å²) in [6, 6.07) is 7.59. The molecule has 1 aromatic heterocycles. The highest BCUT2D eigenvalue weighted by molar-refractivity contribution is 7.13. The number of hydrogen-bond acceptors (Lipinski definition) is 3. The largest absolute Gasteiger partial charge is 0.295 e. The maximum Gasteiger partial charge on any atom is 0.159 e. The van der Waals surface area contributed by atoms with Crippen LogP contribution >= 0.6 is 11.3 Å². The maximum absolute atomic E-state index is 11.0. The number of nitrogens with zero attached hydrogens (tertiary/aromatic N) is 1. The van der Waals surface area contributed by atoms with Crippen LogP contribution in [-0.4, -0.2) is 10.8 Å². The fraction of sp³-hybridized carbons (Fsp3) is 0.0909. The van der Waals surface area contributed by atoms with Gasteiger partial charge in [-0.25, -0.2) is 0 Å². The highest BCUT2D eigenvalue weighted by atomic mass is 32.1. The fourth-order valence-corrected chi connectivity index (χ4v) is 1.86. The minimum atomic E-state index is 0.0980. The molecule has 0 N–H and O–H groups in total. The van der Waals surface area contributed by atoms with Crippen molar-refractivity contribution in [3.63, 3.8) is 0 Å². The molecule has 14 heavy (non-hydrogen) atoms. The number of hydrogen-bond donors (Lipinski definition) is 0. The molecule has 0 saturated carbocycles. The van der Waals surface area contributed by atoms with E-state index in [1.165, 1.54) is 0 Å². The Balaban J connectivity index is 2.36. The molecule has 1 aromatic carbocycles. The number of carbonyl (C=O) groups excluding carboxylic acids is 1. The first-order valence-electron chi connectivity index (χ1n) is 4.27. The molecular formula is C11H9NOS. The third kappa shape index (κ3) is 1.72. The van der Waals surface area contributed by atoms with Crippen LogP contribution in [0.4, 0.5) is 0 Å². The Bertz CT molecular complexity index is 431. The van der Waals surface area contributed by atoms with Crippen molar-refractivity contribution in [2.75, 3.05) is 0 Å². The van der Waals surface area contributed by atoms with Gasteiger partial charge >= 0.3 is 0 Å². The molecule has 0 amide bonds. The van der Waals surface area contributed by atoms with Crippen molar-refractivity contribution in [3.05, 3.63) is 41.5 Å². The predicted octanol–water partition coefficient (Wildman–Crippen LogP) is 3.01. The Kier molecular flexibility index (Phi) is 2.41. The lowest BCUT2D eigenvalue weighted by molar-refractivity contribution is 0.101. The molecule has 0 atom stereocenters. The first-order chi connectivity index (χ1) is 6.77. The molecule has 0 aliphatic heterocycles. The molecule has 70 valence electrons. The first kappa shape index (κ1) is 9.09. The van der Waals surface area contributed by atoms with Crippen LogP contribution in [0, 0.1) is 0 Å². The van der Waals surface area contributed by atoms with E-state index in [0.717, 1.165) is 16.0 Å². The first-order valence-corrected chi connectivity index (χ1v) is 5.15. The van der Waals surface area contributed by atoms with Gasteiger partial charge < -0.3 is 0 Å². The molecule has 0 unspecified atom stereocenters. The summed E-state index contributed by atoms with van der Waals surface area (Å²) in [6.07, 6.45) is 1.83. The molecular weight excluding hydrogens is 194 g/mol. The minimum absolute atomic E-state index is 0.0980. The highest BCUT2D eigenvalue weighted by Crippen LogP contribution is 2.23. The average Bonchev–Trinajstić information content (AvgIpc) is 2.71. The van der Waals surface area contributed by atoms with Gasteiger partial charge in [0.1, 0.15) is 0 Å². The molecule has 0 fully saturated rings. The summed E-state index contributed by atoms with van der Waals surface area (Å²) >= 11 is 1.59. The van der Waals surface area contributed by atoms with Gasteiger partial charge in [0.05, 0.1) is 10.4 Å². The summed E-state index contributed by atoms with van der Waals surface area (Å²) in [5.41, 5.74) is 3.66. The Hall–Kier alpha value is -1.48.